The van der Waals surface area contributed by atoms with E-state index in [4.69, 9.17) is 17.3 Å². The molecule has 1 aromatic carbocycles. The van der Waals surface area contributed by atoms with Crippen molar-refractivity contribution in [1.29, 1.82) is 0 Å². The number of hydrogen-bond acceptors (Lipinski definition) is 4. The molecule has 1 aromatic rings. The molecule has 1 unspecified atom stereocenters. The van der Waals surface area contributed by atoms with E-state index in [0.29, 0.717) is 17.3 Å². The Hall–Kier alpha value is -2.79. The van der Waals surface area contributed by atoms with Crippen LogP contribution >= 0.6 is 11.6 Å². The molecular formula is C24H31ClN4O. The van der Waals surface area contributed by atoms with Gasteiger partial charge in [0.15, 0.2) is 0 Å². The molecule has 2 N–H and O–H groups in total. The summed E-state index contributed by atoms with van der Waals surface area (Å²) in [5.74, 6) is -0.264. The maximum Gasteiger partial charge on any atom is 0.275 e. The molecule has 2 rings (SSSR count). The molecule has 0 saturated heterocycles. The molecule has 1 atom stereocenters. The van der Waals surface area contributed by atoms with Gasteiger partial charge in [0.1, 0.15) is 5.70 Å². The second kappa shape index (κ2) is 10.3. The van der Waals surface area contributed by atoms with Crippen LogP contribution in [-0.4, -0.2) is 42.1 Å². The van der Waals surface area contributed by atoms with Crippen molar-refractivity contribution in [1.82, 2.24) is 9.80 Å². The normalized spacial score (nSPS) is 18.3. The molecule has 6 heteroatoms. The molecule has 0 aliphatic carbocycles. The van der Waals surface area contributed by atoms with Gasteiger partial charge in [0.05, 0.1) is 11.7 Å². The monoisotopic (exact) mass is 426 g/mol. The maximum absolute atomic E-state index is 13.4. The Kier molecular flexibility index (Phi) is 8.07. The summed E-state index contributed by atoms with van der Waals surface area (Å²) >= 11 is 6.27. The number of hydrogen-bond donors (Lipinski definition) is 1. The van der Waals surface area contributed by atoms with Crippen LogP contribution in [0.25, 0.3) is 0 Å². The van der Waals surface area contributed by atoms with Crippen LogP contribution in [0.1, 0.15) is 37.4 Å². The van der Waals surface area contributed by atoms with Crippen LogP contribution in [0.15, 0.2) is 76.2 Å². The van der Waals surface area contributed by atoms with Crippen molar-refractivity contribution in [2.45, 2.75) is 33.2 Å². The lowest BCUT2D eigenvalue weighted by atomic mass is 9.95. The lowest BCUT2D eigenvalue weighted by Crippen LogP contribution is -2.31. The van der Waals surface area contributed by atoms with E-state index in [9.17, 15) is 4.79 Å². The predicted molar refractivity (Wildman–Crippen MR) is 126 cm³/mol. The van der Waals surface area contributed by atoms with Gasteiger partial charge in [-0.2, -0.15) is 0 Å². The zero-order chi connectivity index (χ0) is 22.4. The standard InChI is InChI=1S/C24H31ClN4O/c1-7-13-27-17(4)21-22(26)24(30)29(20(15-28(5)6)14-19(25)8-2)23(21)18-11-9-16(3)10-12-18/h8-12,14-15,23H,2,7,13,26H2,1,3-6H3/b19-14+,20-15+,27-17?. The molecule has 5 nitrogen and oxygen atoms in total. The largest absolute Gasteiger partial charge is 0.394 e. The molecule has 0 bridgehead atoms. The number of benzene rings is 1. The van der Waals surface area contributed by atoms with Gasteiger partial charge < -0.3 is 10.6 Å². The van der Waals surface area contributed by atoms with Crippen molar-refractivity contribution >= 4 is 23.2 Å². The van der Waals surface area contributed by atoms with Crippen molar-refractivity contribution in [2.75, 3.05) is 20.6 Å². The number of nitrogens with zero attached hydrogens (tertiary/aromatic N) is 3. The third kappa shape index (κ3) is 5.22. The quantitative estimate of drug-likeness (QED) is 0.485. The van der Waals surface area contributed by atoms with E-state index in [1.165, 1.54) is 6.08 Å². The number of rotatable bonds is 8. The fourth-order valence-corrected chi connectivity index (χ4v) is 3.47. The molecule has 0 spiro atoms. The number of carbonyl (C=O) groups excluding carboxylic acids is 1. The highest BCUT2D eigenvalue weighted by atomic mass is 35.5. The first-order valence-electron chi connectivity index (χ1n) is 10.00. The van der Waals surface area contributed by atoms with Crippen LogP contribution in [0.3, 0.4) is 0 Å². The van der Waals surface area contributed by atoms with Crippen molar-refractivity contribution in [2.24, 2.45) is 10.7 Å². The molecule has 0 fully saturated rings. The van der Waals surface area contributed by atoms with Gasteiger partial charge in [-0.1, -0.05) is 61.0 Å². The van der Waals surface area contributed by atoms with Gasteiger partial charge in [0, 0.05) is 43.2 Å². The second-order valence-corrected chi connectivity index (χ2v) is 7.97. The highest BCUT2D eigenvalue weighted by molar-refractivity contribution is 6.31. The molecule has 0 aromatic heterocycles. The summed E-state index contributed by atoms with van der Waals surface area (Å²) in [6, 6.07) is 7.72. The summed E-state index contributed by atoms with van der Waals surface area (Å²) in [5.41, 5.74) is 10.8. The van der Waals surface area contributed by atoms with Crippen molar-refractivity contribution < 1.29 is 4.79 Å². The number of aryl methyl sites for hydroxylation is 1. The topological polar surface area (TPSA) is 61.9 Å². The maximum atomic E-state index is 13.4. The van der Waals surface area contributed by atoms with E-state index in [2.05, 4.69) is 18.5 Å². The van der Waals surface area contributed by atoms with Crippen LogP contribution in [0.5, 0.6) is 0 Å². The second-order valence-electron chi connectivity index (χ2n) is 7.53. The Bertz CT molecular complexity index is 923. The fourth-order valence-electron chi connectivity index (χ4n) is 3.36. The average molecular weight is 427 g/mol. The number of aliphatic imine (C=N–C) groups is 1. The first-order chi connectivity index (χ1) is 14.2. The third-order valence-electron chi connectivity index (χ3n) is 4.78. The first kappa shape index (κ1) is 23.5. The van der Waals surface area contributed by atoms with Crippen LogP contribution in [0.2, 0.25) is 0 Å². The molecule has 1 amide bonds. The van der Waals surface area contributed by atoms with E-state index in [0.717, 1.165) is 28.8 Å². The molecular weight excluding hydrogens is 396 g/mol. The molecule has 0 saturated carbocycles. The van der Waals surface area contributed by atoms with Gasteiger partial charge in [-0.25, -0.2) is 0 Å². The van der Waals surface area contributed by atoms with E-state index in [1.807, 2.05) is 63.3 Å². The van der Waals surface area contributed by atoms with Gasteiger partial charge in [-0.15, -0.1) is 0 Å². The Labute approximate surface area is 184 Å². The Balaban J connectivity index is 2.73. The summed E-state index contributed by atoms with van der Waals surface area (Å²) in [4.78, 5) is 21.6. The fraction of sp³-hybridized carbons (Fsp3) is 0.333. The van der Waals surface area contributed by atoms with Gasteiger partial charge in [0.25, 0.3) is 5.91 Å². The van der Waals surface area contributed by atoms with Crippen molar-refractivity contribution in [3.8, 4) is 0 Å². The summed E-state index contributed by atoms with van der Waals surface area (Å²) in [6.07, 6.45) is 6.03. The molecule has 30 heavy (non-hydrogen) atoms. The van der Waals surface area contributed by atoms with Gasteiger partial charge in [0.2, 0.25) is 0 Å². The highest BCUT2D eigenvalue weighted by Gasteiger charge is 2.41. The molecule has 1 aliphatic heterocycles. The van der Waals surface area contributed by atoms with Crippen molar-refractivity contribution in [3.05, 3.63) is 82.3 Å². The van der Waals surface area contributed by atoms with Crippen LogP contribution in [0, 0.1) is 6.92 Å². The Morgan fingerprint density at radius 3 is 2.50 bits per heavy atom. The lowest BCUT2D eigenvalue weighted by Gasteiger charge is -2.29. The van der Waals surface area contributed by atoms with Crippen LogP contribution in [-0.2, 0) is 4.79 Å². The summed E-state index contributed by atoms with van der Waals surface area (Å²) < 4.78 is 0. The average Bonchev–Trinajstić information content (AvgIpc) is 2.96. The molecule has 1 aliphatic rings. The number of nitrogens with two attached hydrogens (primary N) is 1. The number of amides is 1. The minimum absolute atomic E-state index is 0.214. The summed E-state index contributed by atoms with van der Waals surface area (Å²) in [7, 11) is 3.78. The Morgan fingerprint density at radius 2 is 1.97 bits per heavy atom. The van der Waals surface area contributed by atoms with Gasteiger partial charge >= 0.3 is 0 Å². The Morgan fingerprint density at radius 1 is 1.33 bits per heavy atom. The zero-order valence-corrected chi connectivity index (χ0v) is 19.2. The summed E-state index contributed by atoms with van der Waals surface area (Å²) in [6.45, 7) is 10.4. The molecule has 160 valence electrons. The number of carbonyl (C=O) groups is 1. The van der Waals surface area contributed by atoms with E-state index < -0.39 is 6.04 Å². The SMILES string of the molecule is C=C/C(Cl)=C\C(=C/N(C)C)N1C(=O)C(N)=C(C(C)=NCCC)C1c1ccc(C)cc1. The minimum atomic E-state index is -0.393. The van der Waals surface area contributed by atoms with Gasteiger partial charge in [-0.3, -0.25) is 14.7 Å². The molecule has 0 radical (unpaired) electrons. The zero-order valence-electron chi connectivity index (χ0n) is 18.4. The first-order valence-corrected chi connectivity index (χ1v) is 10.4. The van der Waals surface area contributed by atoms with E-state index in [1.54, 1.807) is 11.0 Å². The number of halogens is 1. The lowest BCUT2D eigenvalue weighted by molar-refractivity contribution is -0.125. The highest BCUT2D eigenvalue weighted by Crippen LogP contribution is 2.40. The van der Waals surface area contributed by atoms with E-state index >= 15 is 0 Å². The minimum Gasteiger partial charge on any atom is -0.394 e. The van der Waals surface area contributed by atoms with Gasteiger partial charge in [-0.05, 0) is 31.9 Å². The number of allylic oxidation sites excluding steroid dienone is 3. The third-order valence-corrected chi connectivity index (χ3v) is 5.04. The van der Waals surface area contributed by atoms with E-state index in [-0.39, 0.29) is 11.6 Å². The predicted octanol–water partition coefficient (Wildman–Crippen LogP) is 4.67. The van der Waals surface area contributed by atoms with Crippen LogP contribution in [0.4, 0.5) is 0 Å². The summed E-state index contributed by atoms with van der Waals surface area (Å²) in [5, 5.41) is 0.432. The van der Waals surface area contributed by atoms with Crippen molar-refractivity contribution in [3.63, 3.8) is 0 Å². The van der Waals surface area contributed by atoms with Crippen LogP contribution < -0.4 is 5.73 Å². The smallest absolute Gasteiger partial charge is 0.275 e. The molecule has 1 heterocycles.